The maximum atomic E-state index is 13.8. The van der Waals surface area contributed by atoms with Crippen molar-refractivity contribution in [1.82, 2.24) is 0 Å². The standard InChI is InChI=1S/C17H18FNO/c1-20-11-12-5-2-3-8-16(12)19-17-10-9-13-14(17)6-4-7-15(13)18/h2-8,17,19H,9-11H2,1H3. The van der Waals surface area contributed by atoms with Gasteiger partial charge in [0, 0.05) is 18.4 Å². The summed E-state index contributed by atoms with van der Waals surface area (Å²) in [4.78, 5) is 0. The van der Waals surface area contributed by atoms with E-state index >= 15 is 0 Å². The number of fused-ring (bicyclic) bond motifs is 1. The first-order valence-corrected chi connectivity index (χ1v) is 6.90. The Bertz CT molecular complexity index is 612. The lowest BCUT2D eigenvalue weighted by Gasteiger charge is -2.18. The first kappa shape index (κ1) is 13.1. The van der Waals surface area contributed by atoms with Gasteiger partial charge < -0.3 is 10.1 Å². The van der Waals surface area contributed by atoms with Crippen LogP contribution >= 0.6 is 0 Å². The zero-order valence-corrected chi connectivity index (χ0v) is 11.5. The number of rotatable bonds is 4. The summed E-state index contributed by atoms with van der Waals surface area (Å²) in [6.07, 6.45) is 1.73. The molecule has 1 N–H and O–H groups in total. The lowest BCUT2D eigenvalue weighted by Crippen LogP contribution is -2.09. The van der Waals surface area contributed by atoms with Crippen molar-refractivity contribution in [3.8, 4) is 0 Å². The monoisotopic (exact) mass is 271 g/mol. The molecule has 0 amide bonds. The number of hydrogen-bond acceptors (Lipinski definition) is 2. The van der Waals surface area contributed by atoms with Gasteiger partial charge in [-0.2, -0.15) is 0 Å². The lowest BCUT2D eigenvalue weighted by molar-refractivity contribution is 0.185. The molecule has 1 aliphatic rings. The topological polar surface area (TPSA) is 21.3 Å². The van der Waals surface area contributed by atoms with Crippen LogP contribution in [0.25, 0.3) is 0 Å². The molecule has 0 bridgehead atoms. The lowest BCUT2D eigenvalue weighted by atomic mass is 10.1. The molecule has 1 unspecified atom stereocenters. The van der Waals surface area contributed by atoms with E-state index in [0.29, 0.717) is 6.61 Å². The van der Waals surface area contributed by atoms with Crippen LogP contribution in [0, 0.1) is 5.82 Å². The number of nitrogens with one attached hydrogen (secondary N) is 1. The summed E-state index contributed by atoms with van der Waals surface area (Å²) in [5.74, 6) is -0.0861. The van der Waals surface area contributed by atoms with Gasteiger partial charge in [-0.1, -0.05) is 30.3 Å². The first-order chi connectivity index (χ1) is 9.79. The van der Waals surface area contributed by atoms with Crippen molar-refractivity contribution < 1.29 is 9.13 Å². The molecule has 3 heteroatoms. The molecule has 0 heterocycles. The Hall–Kier alpha value is -1.87. The van der Waals surface area contributed by atoms with E-state index in [1.165, 1.54) is 0 Å². The van der Waals surface area contributed by atoms with Crippen LogP contribution in [-0.2, 0) is 17.8 Å². The second-order valence-electron chi connectivity index (χ2n) is 5.13. The van der Waals surface area contributed by atoms with E-state index in [2.05, 4.69) is 5.32 Å². The zero-order chi connectivity index (χ0) is 13.9. The van der Waals surface area contributed by atoms with E-state index in [9.17, 15) is 4.39 Å². The molecule has 20 heavy (non-hydrogen) atoms. The second kappa shape index (κ2) is 5.63. The van der Waals surface area contributed by atoms with Crippen LogP contribution in [0.4, 0.5) is 10.1 Å². The number of anilines is 1. The van der Waals surface area contributed by atoms with Gasteiger partial charge in [-0.3, -0.25) is 0 Å². The highest BCUT2D eigenvalue weighted by atomic mass is 19.1. The van der Waals surface area contributed by atoms with Crippen LogP contribution in [0.5, 0.6) is 0 Å². The number of benzene rings is 2. The van der Waals surface area contributed by atoms with Gasteiger partial charge in [-0.25, -0.2) is 4.39 Å². The van der Waals surface area contributed by atoms with Crippen LogP contribution < -0.4 is 5.32 Å². The summed E-state index contributed by atoms with van der Waals surface area (Å²) in [6, 6.07) is 13.6. The number of hydrogen-bond donors (Lipinski definition) is 1. The zero-order valence-electron chi connectivity index (χ0n) is 11.5. The van der Waals surface area contributed by atoms with E-state index < -0.39 is 0 Å². The van der Waals surface area contributed by atoms with E-state index in [0.717, 1.165) is 35.2 Å². The number of methoxy groups -OCH3 is 1. The third-order valence-electron chi connectivity index (χ3n) is 3.86. The Morgan fingerprint density at radius 1 is 1.20 bits per heavy atom. The van der Waals surface area contributed by atoms with Gasteiger partial charge in [0.15, 0.2) is 0 Å². The molecular formula is C17H18FNO. The summed E-state index contributed by atoms with van der Waals surface area (Å²) in [5.41, 5.74) is 4.13. The fourth-order valence-electron chi connectivity index (χ4n) is 2.89. The van der Waals surface area contributed by atoms with Gasteiger partial charge in [0.05, 0.1) is 12.6 Å². The summed E-state index contributed by atoms with van der Waals surface area (Å²) < 4.78 is 19.0. The van der Waals surface area contributed by atoms with Gasteiger partial charge in [0.25, 0.3) is 0 Å². The van der Waals surface area contributed by atoms with Crippen LogP contribution in [-0.4, -0.2) is 7.11 Å². The van der Waals surface area contributed by atoms with E-state index in [1.807, 2.05) is 30.3 Å². The van der Waals surface area contributed by atoms with Gasteiger partial charge in [0.2, 0.25) is 0 Å². The van der Waals surface area contributed by atoms with Crippen molar-refractivity contribution >= 4 is 5.69 Å². The molecule has 2 aromatic rings. The Labute approximate surface area is 118 Å². The third kappa shape index (κ3) is 2.41. The number of para-hydroxylation sites is 1. The molecule has 3 rings (SSSR count). The molecule has 1 aliphatic carbocycles. The molecule has 2 nitrogen and oxygen atoms in total. The Balaban J connectivity index is 1.86. The average Bonchev–Trinajstić information content (AvgIpc) is 2.86. The van der Waals surface area contributed by atoms with Crippen molar-refractivity contribution in [3.05, 3.63) is 65.0 Å². The van der Waals surface area contributed by atoms with Gasteiger partial charge >= 0.3 is 0 Å². The maximum absolute atomic E-state index is 13.8. The highest BCUT2D eigenvalue weighted by Gasteiger charge is 2.25. The van der Waals surface area contributed by atoms with Crippen molar-refractivity contribution in [2.24, 2.45) is 0 Å². The molecule has 0 aliphatic heterocycles. The molecule has 104 valence electrons. The summed E-state index contributed by atoms with van der Waals surface area (Å²) >= 11 is 0. The molecule has 1 atom stereocenters. The largest absolute Gasteiger partial charge is 0.380 e. The molecule has 0 saturated heterocycles. The minimum atomic E-state index is -0.0861. The Morgan fingerprint density at radius 2 is 2.05 bits per heavy atom. The fraction of sp³-hybridized carbons (Fsp3) is 0.294. The SMILES string of the molecule is COCc1ccccc1NC1CCc2c(F)cccc21. The van der Waals surface area contributed by atoms with E-state index in [4.69, 9.17) is 4.74 Å². The average molecular weight is 271 g/mol. The molecule has 0 saturated carbocycles. The number of halogens is 1. The smallest absolute Gasteiger partial charge is 0.126 e. The quantitative estimate of drug-likeness (QED) is 0.905. The van der Waals surface area contributed by atoms with Crippen LogP contribution in [0.15, 0.2) is 42.5 Å². The Morgan fingerprint density at radius 3 is 2.90 bits per heavy atom. The van der Waals surface area contributed by atoms with Gasteiger partial charge in [-0.05, 0) is 36.1 Å². The molecule has 0 aromatic heterocycles. The van der Waals surface area contributed by atoms with Gasteiger partial charge in [0.1, 0.15) is 5.82 Å². The number of ether oxygens (including phenoxy) is 1. The third-order valence-corrected chi connectivity index (χ3v) is 3.86. The summed E-state index contributed by atoms with van der Waals surface area (Å²) in [5, 5.41) is 3.53. The predicted octanol–water partition coefficient (Wildman–Crippen LogP) is 4.07. The molecule has 0 radical (unpaired) electrons. The molecule has 2 aromatic carbocycles. The minimum absolute atomic E-state index is 0.0861. The molecule has 0 spiro atoms. The van der Waals surface area contributed by atoms with Crippen molar-refractivity contribution in [1.29, 1.82) is 0 Å². The van der Waals surface area contributed by atoms with E-state index in [1.54, 1.807) is 19.2 Å². The van der Waals surface area contributed by atoms with Gasteiger partial charge in [-0.15, -0.1) is 0 Å². The molecule has 0 fully saturated rings. The highest BCUT2D eigenvalue weighted by molar-refractivity contribution is 5.54. The Kier molecular flexibility index (Phi) is 3.70. The van der Waals surface area contributed by atoms with Crippen LogP contribution in [0.1, 0.15) is 29.2 Å². The van der Waals surface area contributed by atoms with Crippen LogP contribution in [0.3, 0.4) is 0 Å². The first-order valence-electron chi connectivity index (χ1n) is 6.90. The maximum Gasteiger partial charge on any atom is 0.126 e. The summed E-state index contributed by atoms with van der Waals surface area (Å²) in [6.45, 7) is 0.575. The summed E-state index contributed by atoms with van der Waals surface area (Å²) in [7, 11) is 1.69. The van der Waals surface area contributed by atoms with Crippen molar-refractivity contribution in [2.75, 3.05) is 12.4 Å². The second-order valence-corrected chi connectivity index (χ2v) is 5.13. The van der Waals surface area contributed by atoms with Crippen LogP contribution in [0.2, 0.25) is 0 Å². The minimum Gasteiger partial charge on any atom is -0.380 e. The predicted molar refractivity (Wildman–Crippen MR) is 78.2 cm³/mol. The van der Waals surface area contributed by atoms with Crippen molar-refractivity contribution in [2.45, 2.75) is 25.5 Å². The fourth-order valence-corrected chi connectivity index (χ4v) is 2.89. The highest BCUT2D eigenvalue weighted by Crippen LogP contribution is 2.35. The normalized spacial score (nSPS) is 17.0. The molecular weight excluding hydrogens is 253 g/mol. The van der Waals surface area contributed by atoms with E-state index in [-0.39, 0.29) is 11.9 Å². The van der Waals surface area contributed by atoms with Crippen molar-refractivity contribution in [3.63, 3.8) is 0 Å².